The van der Waals surface area contributed by atoms with Crippen molar-refractivity contribution in [3.8, 4) is 0 Å². The van der Waals surface area contributed by atoms with Gasteiger partial charge in [0.05, 0.1) is 25.4 Å². The van der Waals surface area contributed by atoms with Gasteiger partial charge in [0, 0.05) is 6.54 Å². The first-order chi connectivity index (χ1) is 11.3. The maximum atomic E-state index is 10.2. The van der Waals surface area contributed by atoms with Gasteiger partial charge in [-0.2, -0.15) is 0 Å². The lowest BCUT2D eigenvalue weighted by Crippen LogP contribution is -2.66. The van der Waals surface area contributed by atoms with Gasteiger partial charge in [0.1, 0.15) is 36.6 Å². The first kappa shape index (κ1) is 19.9. The molecule has 0 radical (unpaired) electrons. The van der Waals surface area contributed by atoms with E-state index >= 15 is 0 Å². The number of aliphatic hydroxyl groups is 7. The van der Waals surface area contributed by atoms with Crippen molar-refractivity contribution >= 4 is 0 Å². The lowest BCUT2D eigenvalue weighted by Gasteiger charge is -2.47. The Hall–Kier alpha value is -0.400. The van der Waals surface area contributed by atoms with E-state index in [2.05, 4.69) is 0 Å². The van der Waals surface area contributed by atoms with E-state index in [4.69, 9.17) is 9.47 Å². The zero-order valence-corrected chi connectivity index (χ0v) is 13.4. The highest BCUT2D eigenvalue weighted by Gasteiger charge is 2.49. The molecular formula is C14H27NO9. The molecule has 2 fully saturated rings. The van der Waals surface area contributed by atoms with Crippen LogP contribution >= 0.6 is 0 Å². The molecular weight excluding hydrogens is 326 g/mol. The third-order valence-corrected chi connectivity index (χ3v) is 4.73. The zero-order valence-electron chi connectivity index (χ0n) is 13.4. The largest absolute Gasteiger partial charge is 0.395 e. The zero-order chi connectivity index (χ0) is 18.0. The molecule has 0 aromatic rings. The molecule has 7 N–H and O–H groups in total. The van der Waals surface area contributed by atoms with Gasteiger partial charge >= 0.3 is 0 Å². The minimum atomic E-state index is -1.62. The quantitative estimate of drug-likeness (QED) is 0.257. The highest BCUT2D eigenvalue weighted by Crippen LogP contribution is 2.28. The Kier molecular flexibility index (Phi) is 6.90. The molecule has 2 aliphatic rings. The Morgan fingerprint density at radius 2 is 1.62 bits per heavy atom. The van der Waals surface area contributed by atoms with E-state index in [0.29, 0.717) is 6.54 Å². The molecule has 0 aromatic carbocycles. The van der Waals surface area contributed by atoms with Crippen LogP contribution in [0.4, 0.5) is 0 Å². The molecule has 10 nitrogen and oxygen atoms in total. The van der Waals surface area contributed by atoms with Crippen molar-refractivity contribution in [3.63, 3.8) is 0 Å². The van der Waals surface area contributed by atoms with Crippen LogP contribution in [0.1, 0.15) is 6.92 Å². The molecule has 2 aliphatic heterocycles. The fraction of sp³-hybridized carbons (Fsp3) is 1.00. The van der Waals surface area contributed by atoms with E-state index < -0.39 is 61.7 Å². The van der Waals surface area contributed by atoms with Gasteiger partial charge < -0.3 is 45.2 Å². The molecule has 1 unspecified atom stereocenters. The van der Waals surface area contributed by atoms with Crippen molar-refractivity contribution in [1.29, 1.82) is 0 Å². The number of β-amino-alcohol motifs (C(OH)–C–C–N with tert-alkyl or cyclic N) is 1. The molecule has 2 rings (SSSR count). The highest BCUT2D eigenvalue weighted by atomic mass is 16.7. The van der Waals surface area contributed by atoms with Gasteiger partial charge in [-0.1, -0.05) is 6.92 Å². The summed E-state index contributed by atoms with van der Waals surface area (Å²) in [6.45, 7) is 1.49. The molecule has 142 valence electrons. The summed E-state index contributed by atoms with van der Waals surface area (Å²) >= 11 is 0. The second-order valence-electron chi connectivity index (χ2n) is 6.19. The predicted molar refractivity (Wildman–Crippen MR) is 78.8 cm³/mol. The molecule has 0 amide bonds. The van der Waals surface area contributed by atoms with Gasteiger partial charge in [-0.3, -0.25) is 4.90 Å². The van der Waals surface area contributed by atoms with Crippen molar-refractivity contribution in [2.45, 2.75) is 62.0 Å². The van der Waals surface area contributed by atoms with E-state index in [0.717, 1.165) is 0 Å². The van der Waals surface area contributed by atoms with Crippen molar-refractivity contribution in [3.05, 3.63) is 0 Å². The normalized spacial score (nSPS) is 47.8. The maximum Gasteiger partial charge on any atom is 0.187 e. The van der Waals surface area contributed by atoms with Gasteiger partial charge in [0.2, 0.25) is 0 Å². The number of likely N-dealkylation sites (N-methyl/N-ethyl adjacent to an activating group) is 1. The summed E-state index contributed by atoms with van der Waals surface area (Å²) in [7, 11) is 0. The number of hydrogen-bond acceptors (Lipinski definition) is 10. The lowest BCUT2D eigenvalue weighted by molar-refractivity contribution is -0.328. The lowest BCUT2D eigenvalue weighted by atomic mass is 9.93. The Bertz CT molecular complexity index is 398. The second kappa shape index (κ2) is 8.32. The monoisotopic (exact) mass is 353 g/mol. The summed E-state index contributed by atoms with van der Waals surface area (Å²) in [6, 6.07) is -0.652. The highest BCUT2D eigenvalue weighted by molar-refractivity contribution is 4.97. The van der Waals surface area contributed by atoms with Crippen LogP contribution in [0.3, 0.4) is 0 Å². The molecule has 10 heteroatoms. The number of ether oxygens (including phenoxy) is 2. The molecule has 24 heavy (non-hydrogen) atoms. The van der Waals surface area contributed by atoms with Gasteiger partial charge in [-0.05, 0) is 6.54 Å². The third-order valence-electron chi connectivity index (χ3n) is 4.73. The predicted octanol–water partition coefficient (Wildman–Crippen LogP) is -4.41. The van der Waals surface area contributed by atoms with Crippen molar-refractivity contribution < 1.29 is 45.2 Å². The number of piperidine rings is 1. The number of hydrogen-bond donors (Lipinski definition) is 7. The molecule has 9 atom stereocenters. The molecule has 0 saturated carbocycles. The molecule has 0 aromatic heterocycles. The van der Waals surface area contributed by atoms with Gasteiger partial charge in [-0.25, -0.2) is 0 Å². The smallest absolute Gasteiger partial charge is 0.187 e. The first-order valence-corrected chi connectivity index (χ1v) is 8.02. The second-order valence-corrected chi connectivity index (χ2v) is 6.19. The average molecular weight is 353 g/mol. The van der Waals surface area contributed by atoms with Crippen LogP contribution in [0.25, 0.3) is 0 Å². The Morgan fingerprint density at radius 1 is 0.958 bits per heavy atom. The standard InChI is InChI=1S/C14H27NO9/c1-2-15-3-7(18)9(19)13(6(15)4-16)24-14-12(22)11(21)10(20)8(5-17)23-14/h6-14,16-22H,2-5H2,1H3/t6-,7+,8-,9-,10-,11+,12-,13?,14-/m1/s1. The van der Waals surface area contributed by atoms with Crippen LogP contribution < -0.4 is 0 Å². The van der Waals surface area contributed by atoms with Crippen LogP contribution in [0, 0.1) is 0 Å². The molecule has 0 aliphatic carbocycles. The number of aliphatic hydroxyl groups excluding tert-OH is 7. The Labute approximate surface area is 139 Å². The van der Waals surface area contributed by atoms with Crippen LogP contribution in [0.5, 0.6) is 0 Å². The fourth-order valence-electron chi connectivity index (χ4n) is 3.23. The molecule has 0 spiro atoms. The summed E-state index contributed by atoms with van der Waals surface area (Å²) in [6.07, 6.45) is -10.9. The summed E-state index contributed by atoms with van der Waals surface area (Å²) < 4.78 is 10.8. The molecule has 0 bridgehead atoms. The van der Waals surface area contributed by atoms with Gasteiger partial charge in [0.25, 0.3) is 0 Å². The fourth-order valence-corrected chi connectivity index (χ4v) is 3.23. The van der Waals surface area contributed by atoms with E-state index in [9.17, 15) is 35.7 Å². The van der Waals surface area contributed by atoms with Crippen LogP contribution in [-0.2, 0) is 9.47 Å². The van der Waals surface area contributed by atoms with Gasteiger partial charge in [0.15, 0.2) is 6.29 Å². The number of rotatable bonds is 5. The molecule has 2 heterocycles. The van der Waals surface area contributed by atoms with E-state index in [-0.39, 0.29) is 13.2 Å². The number of nitrogens with zero attached hydrogens (tertiary/aromatic N) is 1. The average Bonchev–Trinajstić information content (AvgIpc) is 2.58. The minimum absolute atomic E-state index is 0.150. The Balaban J connectivity index is 2.16. The van der Waals surface area contributed by atoms with Crippen molar-refractivity contribution in [1.82, 2.24) is 4.90 Å². The molecule has 2 saturated heterocycles. The van der Waals surface area contributed by atoms with Crippen molar-refractivity contribution in [2.75, 3.05) is 26.3 Å². The summed E-state index contributed by atoms with van der Waals surface area (Å²) in [5, 5.41) is 68.5. The first-order valence-electron chi connectivity index (χ1n) is 8.02. The minimum Gasteiger partial charge on any atom is -0.395 e. The van der Waals surface area contributed by atoms with E-state index in [1.54, 1.807) is 4.90 Å². The topological polar surface area (TPSA) is 163 Å². The van der Waals surface area contributed by atoms with E-state index in [1.165, 1.54) is 0 Å². The summed E-state index contributed by atoms with van der Waals surface area (Å²) in [4.78, 5) is 1.71. The van der Waals surface area contributed by atoms with Gasteiger partial charge in [-0.15, -0.1) is 0 Å². The van der Waals surface area contributed by atoms with Crippen LogP contribution in [0.15, 0.2) is 0 Å². The Morgan fingerprint density at radius 3 is 2.17 bits per heavy atom. The van der Waals surface area contributed by atoms with E-state index in [1.807, 2.05) is 6.92 Å². The number of likely N-dealkylation sites (tertiary alicyclic amines) is 1. The SMILES string of the molecule is CCN1C[C@H](O)[C@@H](O)C(O[C@H]2O[C@H](CO)[C@@H](O)[C@H](O)[C@H]2O)[C@H]1CO. The maximum absolute atomic E-state index is 10.2. The van der Waals surface area contributed by atoms with Crippen LogP contribution in [0.2, 0.25) is 0 Å². The third kappa shape index (κ3) is 3.73. The van der Waals surface area contributed by atoms with Crippen molar-refractivity contribution in [2.24, 2.45) is 0 Å². The van der Waals surface area contributed by atoms with Crippen LogP contribution in [-0.4, -0.2) is 122 Å². The summed E-state index contributed by atoms with van der Waals surface area (Å²) in [5.74, 6) is 0. The summed E-state index contributed by atoms with van der Waals surface area (Å²) in [5.41, 5.74) is 0.